The Labute approximate surface area is 270 Å². The van der Waals surface area contributed by atoms with Crippen molar-refractivity contribution in [3.8, 4) is 44.9 Å². The van der Waals surface area contributed by atoms with Crippen molar-refractivity contribution in [2.75, 3.05) is 0 Å². The first-order chi connectivity index (χ1) is 22.6. The Bertz CT molecular complexity index is 2260. The van der Waals surface area contributed by atoms with E-state index in [1.54, 1.807) is 0 Å². The second kappa shape index (κ2) is 9.92. The molecule has 0 bridgehead atoms. The van der Waals surface area contributed by atoms with Gasteiger partial charge in [0.1, 0.15) is 7.05 Å². The Morgan fingerprint density at radius 2 is 0.913 bits per heavy atom. The van der Waals surface area contributed by atoms with Crippen molar-refractivity contribution in [1.29, 1.82) is 0 Å². The van der Waals surface area contributed by atoms with Gasteiger partial charge >= 0.3 is 0 Å². The molecule has 0 aliphatic carbocycles. The Kier molecular flexibility index (Phi) is 5.76. The van der Waals surface area contributed by atoms with Crippen molar-refractivity contribution < 1.29 is 13.7 Å². The summed E-state index contributed by atoms with van der Waals surface area (Å²) < 4.78 is 7.38. The van der Waals surface area contributed by atoms with Gasteiger partial charge in [-0.05, 0) is 42.0 Å². The van der Waals surface area contributed by atoms with Crippen molar-refractivity contribution in [2.45, 2.75) is 18.0 Å². The molecule has 3 heteroatoms. The standard InChI is InChI=1S/C43H34N3/c1-42(36-21-9-6-18-33(36)39-27-26-32(30-44(39)2)31-16-4-3-5-17-31)43(37-22-10-7-19-34(37)40-24-12-14-28-45(40)42)38-23-11-8-20-35(38)41-25-13-15-29-46(41)43/h3-30H,1-2H3/q+3. The van der Waals surface area contributed by atoms with Gasteiger partial charge in [0, 0.05) is 59.5 Å². The van der Waals surface area contributed by atoms with E-state index in [-0.39, 0.29) is 0 Å². The summed E-state index contributed by atoms with van der Waals surface area (Å²) in [7, 11) is 2.17. The zero-order valence-corrected chi connectivity index (χ0v) is 26.0. The molecule has 1 spiro atoms. The lowest BCUT2D eigenvalue weighted by Gasteiger charge is -2.43. The molecule has 0 amide bonds. The van der Waals surface area contributed by atoms with Crippen molar-refractivity contribution in [1.82, 2.24) is 0 Å². The summed E-state index contributed by atoms with van der Waals surface area (Å²) in [6.45, 7) is 2.45. The number of rotatable bonds is 3. The van der Waals surface area contributed by atoms with Crippen LogP contribution >= 0.6 is 0 Å². The molecule has 4 aromatic carbocycles. The molecule has 2 aliphatic heterocycles. The van der Waals surface area contributed by atoms with Gasteiger partial charge in [0.15, 0.2) is 18.6 Å². The summed E-state index contributed by atoms with van der Waals surface area (Å²) in [5, 5.41) is 0. The van der Waals surface area contributed by atoms with Gasteiger partial charge in [0.2, 0.25) is 17.1 Å². The first-order valence-corrected chi connectivity index (χ1v) is 16.0. The first-order valence-electron chi connectivity index (χ1n) is 16.0. The predicted octanol–water partition coefficient (Wildman–Crippen LogP) is 7.64. The Morgan fingerprint density at radius 3 is 1.54 bits per heavy atom. The molecule has 0 saturated heterocycles. The minimum Gasteiger partial charge on any atom is -0.200 e. The quantitative estimate of drug-likeness (QED) is 0.187. The summed E-state index contributed by atoms with van der Waals surface area (Å²) in [5.74, 6) is 0. The fourth-order valence-electron chi connectivity index (χ4n) is 8.53. The van der Waals surface area contributed by atoms with E-state index in [4.69, 9.17) is 0 Å². The predicted molar refractivity (Wildman–Crippen MR) is 182 cm³/mol. The van der Waals surface area contributed by atoms with Crippen LogP contribution in [0, 0.1) is 0 Å². The van der Waals surface area contributed by atoms with Crippen molar-refractivity contribution in [3.05, 3.63) is 187 Å². The van der Waals surface area contributed by atoms with Crippen LogP contribution in [0.1, 0.15) is 23.6 Å². The maximum Gasteiger partial charge on any atom is 0.288 e. The molecule has 3 nitrogen and oxygen atoms in total. The van der Waals surface area contributed by atoms with Crippen LogP contribution in [0.4, 0.5) is 0 Å². The summed E-state index contributed by atoms with van der Waals surface area (Å²) in [5.41, 5.74) is 12.5. The molecule has 0 saturated carbocycles. The van der Waals surface area contributed by atoms with Crippen molar-refractivity contribution in [3.63, 3.8) is 0 Å². The number of aromatic nitrogens is 3. The molecule has 3 aromatic heterocycles. The fraction of sp³-hybridized carbons (Fsp3) is 0.0930. The van der Waals surface area contributed by atoms with Crippen LogP contribution in [-0.2, 0) is 18.1 Å². The normalized spacial score (nSPS) is 18.8. The van der Waals surface area contributed by atoms with E-state index < -0.39 is 11.1 Å². The lowest BCUT2D eigenvalue weighted by atomic mass is 9.61. The second-order valence-electron chi connectivity index (χ2n) is 12.6. The molecule has 7 aromatic rings. The maximum atomic E-state index is 2.55. The number of hydrogen-bond donors (Lipinski definition) is 0. The summed E-state index contributed by atoms with van der Waals surface area (Å²) in [4.78, 5) is 0. The van der Waals surface area contributed by atoms with Crippen LogP contribution in [0.3, 0.4) is 0 Å². The van der Waals surface area contributed by atoms with Crippen LogP contribution in [0.25, 0.3) is 44.9 Å². The highest BCUT2D eigenvalue weighted by molar-refractivity contribution is 5.76. The van der Waals surface area contributed by atoms with E-state index in [9.17, 15) is 0 Å². The highest BCUT2D eigenvalue weighted by Gasteiger charge is 2.73. The Morgan fingerprint density at radius 1 is 0.413 bits per heavy atom. The summed E-state index contributed by atoms with van der Waals surface area (Å²) in [6, 6.07) is 55.5. The minimum absolute atomic E-state index is 0.575. The number of fused-ring (bicyclic) bond motifs is 9. The third-order valence-corrected chi connectivity index (χ3v) is 10.4. The lowest BCUT2D eigenvalue weighted by molar-refractivity contribution is -0.845. The number of hydrogen-bond acceptors (Lipinski definition) is 0. The molecule has 5 heterocycles. The largest absolute Gasteiger partial charge is 0.288 e. The average molecular weight is 593 g/mol. The van der Waals surface area contributed by atoms with E-state index in [1.165, 1.54) is 61.6 Å². The van der Waals surface area contributed by atoms with E-state index in [0.717, 1.165) is 0 Å². The van der Waals surface area contributed by atoms with E-state index in [0.29, 0.717) is 0 Å². The molecule has 2 atom stereocenters. The Hall–Kier alpha value is -5.67. The van der Waals surface area contributed by atoms with Gasteiger partial charge in [-0.15, -0.1) is 0 Å². The SMILES string of the molecule is C[n+]1cc(-c2ccccc2)ccc1-c1ccccc1C1(C)[n+]2ccccc2-c2ccccc2C12c1ccccc1-c1cccc[n+]12. The number of pyridine rings is 3. The smallest absolute Gasteiger partial charge is 0.200 e. The zero-order chi connectivity index (χ0) is 30.9. The maximum absolute atomic E-state index is 2.55. The molecule has 0 N–H and O–H groups in total. The van der Waals surface area contributed by atoms with Crippen LogP contribution < -0.4 is 13.7 Å². The third kappa shape index (κ3) is 3.40. The molecule has 0 radical (unpaired) electrons. The van der Waals surface area contributed by atoms with Crippen LogP contribution in [0.2, 0.25) is 0 Å². The minimum atomic E-state index is -0.576. The van der Waals surface area contributed by atoms with E-state index in [1.807, 2.05) is 0 Å². The van der Waals surface area contributed by atoms with Gasteiger partial charge in [-0.25, -0.2) is 4.57 Å². The Balaban J connectivity index is 1.40. The topological polar surface area (TPSA) is 11.6 Å². The third-order valence-electron chi connectivity index (χ3n) is 10.4. The van der Waals surface area contributed by atoms with Gasteiger partial charge in [-0.1, -0.05) is 84.9 Å². The highest BCUT2D eigenvalue weighted by atomic mass is 15.2. The van der Waals surface area contributed by atoms with Crippen LogP contribution in [0.15, 0.2) is 170 Å². The van der Waals surface area contributed by atoms with Crippen LogP contribution in [-0.4, -0.2) is 0 Å². The van der Waals surface area contributed by atoms with Crippen LogP contribution in [0.5, 0.6) is 0 Å². The highest BCUT2D eigenvalue weighted by Crippen LogP contribution is 2.56. The lowest BCUT2D eigenvalue weighted by Crippen LogP contribution is -2.78. The molecule has 9 rings (SSSR count). The summed E-state index contributed by atoms with van der Waals surface area (Å²) >= 11 is 0. The number of aryl methyl sites for hydroxylation is 1. The van der Waals surface area contributed by atoms with Gasteiger partial charge in [0.05, 0.1) is 16.7 Å². The molecular formula is C43H34N3+3. The average Bonchev–Trinajstić information content (AvgIpc) is 3.42. The number of benzene rings is 4. The molecule has 0 fully saturated rings. The van der Waals surface area contributed by atoms with E-state index in [2.05, 4.69) is 198 Å². The monoisotopic (exact) mass is 592 g/mol. The van der Waals surface area contributed by atoms with Crippen molar-refractivity contribution in [2.24, 2.45) is 7.05 Å². The van der Waals surface area contributed by atoms with E-state index >= 15 is 0 Å². The van der Waals surface area contributed by atoms with Gasteiger partial charge in [-0.2, -0.15) is 9.13 Å². The van der Waals surface area contributed by atoms with Gasteiger partial charge in [0.25, 0.3) is 11.1 Å². The second-order valence-corrected chi connectivity index (χ2v) is 12.6. The molecule has 46 heavy (non-hydrogen) atoms. The molecule has 218 valence electrons. The number of nitrogens with zero attached hydrogens (tertiary/aromatic N) is 3. The molecule has 2 unspecified atom stereocenters. The van der Waals surface area contributed by atoms with Gasteiger partial charge in [-0.3, -0.25) is 0 Å². The first kappa shape index (κ1) is 26.7. The molecular weight excluding hydrogens is 558 g/mol. The van der Waals surface area contributed by atoms with Gasteiger partial charge < -0.3 is 0 Å². The zero-order valence-electron chi connectivity index (χ0n) is 26.0. The molecule has 2 aliphatic rings. The fourth-order valence-corrected chi connectivity index (χ4v) is 8.53. The summed E-state index contributed by atoms with van der Waals surface area (Å²) in [6.07, 6.45) is 6.83. The van der Waals surface area contributed by atoms with Crippen molar-refractivity contribution >= 4 is 0 Å².